The number of benzene rings is 1. The number of nitrogens with zero attached hydrogens (tertiary/aromatic N) is 3. The van der Waals surface area contributed by atoms with Gasteiger partial charge in [-0.05, 0) is 17.7 Å². The standard InChI is InChI=1S/C18H20Cl2N4O2S/c19-16-2-1-13(5-17(16)20)9-24-3-4-26-14(10-24)6-23-18(25)11-27-15-7-21-12-22-8-15/h1-2,5,7-8,12,14H,3-4,6,9-11H2,(H,23,25)/t14-/m0/s1. The molecule has 1 aliphatic rings. The summed E-state index contributed by atoms with van der Waals surface area (Å²) >= 11 is 13.5. The third-order valence-electron chi connectivity index (χ3n) is 4.05. The zero-order valence-electron chi connectivity index (χ0n) is 14.6. The molecule has 1 aromatic carbocycles. The molecule has 27 heavy (non-hydrogen) atoms. The fourth-order valence-electron chi connectivity index (χ4n) is 2.73. The highest BCUT2D eigenvalue weighted by molar-refractivity contribution is 8.00. The number of thioether (sulfide) groups is 1. The lowest BCUT2D eigenvalue weighted by Gasteiger charge is -2.33. The Morgan fingerprint density at radius 3 is 2.89 bits per heavy atom. The van der Waals surface area contributed by atoms with E-state index in [2.05, 4.69) is 20.2 Å². The fourth-order valence-corrected chi connectivity index (χ4v) is 3.72. The predicted molar refractivity (Wildman–Crippen MR) is 107 cm³/mol. The van der Waals surface area contributed by atoms with Crippen LogP contribution in [0.15, 0.2) is 41.8 Å². The van der Waals surface area contributed by atoms with Crippen molar-refractivity contribution < 1.29 is 9.53 Å². The first-order valence-electron chi connectivity index (χ1n) is 8.52. The van der Waals surface area contributed by atoms with Gasteiger partial charge in [0.15, 0.2) is 0 Å². The number of hydrogen-bond donors (Lipinski definition) is 1. The molecule has 1 aliphatic heterocycles. The van der Waals surface area contributed by atoms with Crippen molar-refractivity contribution in [1.82, 2.24) is 20.2 Å². The van der Waals surface area contributed by atoms with Gasteiger partial charge in [0.2, 0.25) is 5.91 Å². The van der Waals surface area contributed by atoms with Crippen molar-refractivity contribution in [2.75, 3.05) is 32.0 Å². The van der Waals surface area contributed by atoms with Crippen molar-refractivity contribution in [2.45, 2.75) is 17.5 Å². The van der Waals surface area contributed by atoms with Crippen molar-refractivity contribution in [1.29, 1.82) is 0 Å². The molecule has 3 rings (SSSR count). The fraction of sp³-hybridized carbons (Fsp3) is 0.389. The van der Waals surface area contributed by atoms with E-state index in [4.69, 9.17) is 27.9 Å². The quantitative estimate of drug-likeness (QED) is 0.686. The minimum absolute atomic E-state index is 0.0319. The average Bonchev–Trinajstić information content (AvgIpc) is 2.69. The van der Waals surface area contributed by atoms with Crippen molar-refractivity contribution in [3.05, 3.63) is 52.5 Å². The van der Waals surface area contributed by atoms with Gasteiger partial charge in [-0.25, -0.2) is 9.97 Å². The van der Waals surface area contributed by atoms with Crippen LogP contribution in [-0.2, 0) is 16.1 Å². The molecule has 144 valence electrons. The van der Waals surface area contributed by atoms with E-state index in [0.717, 1.165) is 30.1 Å². The van der Waals surface area contributed by atoms with Crippen molar-refractivity contribution in [3.8, 4) is 0 Å². The van der Waals surface area contributed by atoms with Gasteiger partial charge >= 0.3 is 0 Å². The first-order valence-corrected chi connectivity index (χ1v) is 10.3. The first kappa shape index (κ1) is 20.4. The minimum atomic E-state index is -0.0333. The Bertz CT molecular complexity index is 766. The second kappa shape index (κ2) is 10.2. The summed E-state index contributed by atoms with van der Waals surface area (Å²) < 4.78 is 5.77. The number of carbonyl (C=O) groups excluding carboxylic acids is 1. The van der Waals surface area contributed by atoms with E-state index in [1.807, 2.05) is 18.2 Å². The number of halogens is 2. The van der Waals surface area contributed by atoms with E-state index in [0.29, 0.717) is 28.9 Å². The molecule has 9 heteroatoms. The maximum atomic E-state index is 12.0. The highest BCUT2D eigenvalue weighted by Gasteiger charge is 2.21. The number of rotatable bonds is 7. The monoisotopic (exact) mass is 426 g/mol. The van der Waals surface area contributed by atoms with Gasteiger partial charge in [-0.1, -0.05) is 29.3 Å². The Morgan fingerprint density at radius 1 is 1.30 bits per heavy atom. The summed E-state index contributed by atoms with van der Waals surface area (Å²) in [5, 5.41) is 4.05. The lowest BCUT2D eigenvalue weighted by Crippen LogP contribution is -2.47. The number of carbonyl (C=O) groups is 1. The third-order valence-corrected chi connectivity index (χ3v) is 5.74. The van der Waals surface area contributed by atoms with Gasteiger partial charge in [-0.3, -0.25) is 9.69 Å². The molecule has 1 aromatic heterocycles. The number of hydrogen-bond acceptors (Lipinski definition) is 6. The molecule has 1 fully saturated rings. The number of amides is 1. The molecule has 0 unspecified atom stereocenters. The van der Waals surface area contributed by atoms with Gasteiger partial charge in [0.05, 0.1) is 28.5 Å². The molecular formula is C18H20Cl2N4O2S. The van der Waals surface area contributed by atoms with Gasteiger partial charge in [0.1, 0.15) is 6.33 Å². The van der Waals surface area contributed by atoms with Crippen LogP contribution in [0.5, 0.6) is 0 Å². The molecule has 2 heterocycles. The van der Waals surface area contributed by atoms with E-state index in [1.54, 1.807) is 12.4 Å². The average molecular weight is 427 g/mol. The molecule has 2 aromatic rings. The lowest BCUT2D eigenvalue weighted by molar-refractivity contribution is -0.119. The molecule has 0 spiro atoms. The summed E-state index contributed by atoms with van der Waals surface area (Å²) in [6.45, 7) is 3.49. The maximum absolute atomic E-state index is 12.0. The number of ether oxygens (including phenoxy) is 1. The van der Waals surface area contributed by atoms with Crippen LogP contribution in [-0.4, -0.2) is 58.9 Å². The van der Waals surface area contributed by atoms with Crippen LogP contribution >= 0.6 is 35.0 Å². The smallest absolute Gasteiger partial charge is 0.230 e. The van der Waals surface area contributed by atoms with Crippen molar-refractivity contribution >= 4 is 40.9 Å². The van der Waals surface area contributed by atoms with Gasteiger partial charge in [-0.15, -0.1) is 11.8 Å². The van der Waals surface area contributed by atoms with Crippen LogP contribution in [0.1, 0.15) is 5.56 Å². The second-order valence-corrected chi connectivity index (χ2v) is 8.01. The highest BCUT2D eigenvalue weighted by Crippen LogP contribution is 2.23. The molecule has 0 saturated carbocycles. The van der Waals surface area contributed by atoms with Crippen LogP contribution < -0.4 is 5.32 Å². The van der Waals surface area contributed by atoms with E-state index < -0.39 is 0 Å². The van der Waals surface area contributed by atoms with E-state index in [-0.39, 0.29) is 12.0 Å². The zero-order chi connectivity index (χ0) is 19.1. The largest absolute Gasteiger partial charge is 0.374 e. The van der Waals surface area contributed by atoms with Crippen LogP contribution in [0.3, 0.4) is 0 Å². The first-order chi connectivity index (χ1) is 13.1. The normalized spacial score (nSPS) is 17.6. The Morgan fingerprint density at radius 2 is 2.11 bits per heavy atom. The van der Waals surface area contributed by atoms with Crippen LogP contribution in [0.4, 0.5) is 0 Å². The highest BCUT2D eigenvalue weighted by atomic mass is 35.5. The number of aromatic nitrogens is 2. The lowest BCUT2D eigenvalue weighted by atomic mass is 10.2. The molecule has 0 bridgehead atoms. The van der Waals surface area contributed by atoms with Crippen molar-refractivity contribution in [2.24, 2.45) is 0 Å². The summed E-state index contributed by atoms with van der Waals surface area (Å²) in [6.07, 6.45) is 4.82. The van der Waals surface area contributed by atoms with Gasteiger partial charge in [-0.2, -0.15) is 0 Å². The van der Waals surface area contributed by atoms with Gasteiger partial charge < -0.3 is 10.1 Å². The summed E-state index contributed by atoms with van der Waals surface area (Å²) in [7, 11) is 0. The molecule has 0 aliphatic carbocycles. The van der Waals surface area contributed by atoms with Crippen LogP contribution in [0.2, 0.25) is 10.0 Å². The number of nitrogens with one attached hydrogen (secondary N) is 1. The SMILES string of the molecule is O=C(CSc1cncnc1)NC[C@H]1CN(Cc2ccc(Cl)c(Cl)c2)CCO1. The zero-order valence-corrected chi connectivity index (χ0v) is 16.9. The van der Waals surface area contributed by atoms with Crippen LogP contribution in [0, 0.1) is 0 Å². The molecule has 0 radical (unpaired) electrons. The topological polar surface area (TPSA) is 67.4 Å². The molecular weight excluding hydrogens is 407 g/mol. The molecule has 1 saturated heterocycles. The van der Waals surface area contributed by atoms with Crippen LogP contribution in [0.25, 0.3) is 0 Å². The Balaban J connectivity index is 1.41. The summed E-state index contributed by atoms with van der Waals surface area (Å²) in [4.78, 5) is 23.0. The van der Waals surface area contributed by atoms with E-state index in [1.165, 1.54) is 18.1 Å². The molecule has 6 nitrogen and oxygen atoms in total. The Labute approximate surface area is 172 Å². The summed E-state index contributed by atoms with van der Waals surface area (Å²) in [6, 6.07) is 5.68. The van der Waals surface area contributed by atoms with Crippen molar-refractivity contribution in [3.63, 3.8) is 0 Å². The molecule has 1 atom stereocenters. The molecule has 1 amide bonds. The predicted octanol–water partition coefficient (Wildman–Crippen LogP) is 2.89. The summed E-state index contributed by atoms with van der Waals surface area (Å²) in [5.41, 5.74) is 1.11. The minimum Gasteiger partial charge on any atom is -0.374 e. The van der Waals surface area contributed by atoms with E-state index in [9.17, 15) is 4.79 Å². The van der Waals surface area contributed by atoms with Gasteiger partial charge in [0.25, 0.3) is 0 Å². The second-order valence-electron chi connectivity index (χ2n) is 6.14. The maximum Gasteiger partial charge on any atom is 0.230 e. The van der Waals surface area contributed by atoms with E-state index >= 15 is 0 Å². The Hall–Kier alpha value is -1.38. The summed E-state index contributed by atoms with van der Waals surface area (Å²) in [5.74, 6) is 0.293. The molecule has 1 N–H and O–H groups in total. The van der Waals surface area contributed by atoms with Gasteiger partial charge in [0, 0.05) is 43.5 Å². The number of morpholine rings is 1. The Kier molecular flexibility index (Phi) is 7.72. The third kappa shape index (κ3) is 6.62.